The van der Waals surface area contributed by atoms with Crippen LogP contribution in [0.5, 0.6) is 0 Å². The van der Waals surface area contributed by atoms with Gasteiger partial charge in [0.1, 0.15) is 5.82 Å². The molecule has 0 spiro atoms. The van der Waals surface area contributed by atoms with E-state index in [0.717, 1.165) is 18.2 Å². The molecule has 25 heavy (non-hydrogen) atoms. The van der Waals surface area contributed by atoms with Crippen LogP contribution in [0.15, 0.2) is 41.4 Å². The van der Waals surface area contributed by atoms with Gasteiger partial charge >= 0.3 is 6.18 Å². The molecule has 0 radical (unpaired) electrons. The van der Waals surface area contributed by atoms with Crippen LogP contribution < -0.4 is 0 Å². The van der Waals surface area contributed by atoms with E-state index < -0.39 is 23.2 Å². The summed E-state index contributed by atoms with van der Waals surface area (Å²) < 4.78 is 55.2. The lowest BCUT2D eigenvalue weighted by Crippen LogP contribution is -2.44. The quantitative estimate of drug-likeness (QED) is 0.593. The minimum Gasteiger partial charge on any atom is -0.372 e. The Bertz CT molecular complexity index is 798. The van der Waals surface area contributed by atoms with Crippen molar-refractivity contribution in [3.05, 3.63) is 64.5 Å². The smallest absolute Gasteiger partial charge is 0.372 e. The highest BCUT2D eigenvalue weighted by Gasteiger charge is 2.57. The third-order valence-electron chi connectivity index (χ3n) is 4.11. The molecule has 0 aromatic heterocycles. The van der Waals surface area contributed by atoms with Gasteiger partial charge in [-0.15, -0.1) is 0 Å². The molecular formula is C19H19F4NO. The molecule has 0 saturated carbocycles. The van der Waals surface area contributed by atoms with Crippen molar-refractivity contribution < 1.29 is 22.7 Å². The summed E-state index contributed by atoms with van der Waals surface area (Å²) in [5.74, 6) is -0.845. The van der Waals surface area contributed by atoms with Crippen LogP contribution in [-0.4, -0.2) is 17.5 Å². The fraction of sp³-hybridized carbons (Fsp3) is 0.316. The summed E-state index contributed by atoms with van der Waals surface area (Å²) >= 11 is 0. The summed E-state index contributed by atoms with van der Waals surface area (Å²) in [6.07, 6.45) is -3.22. The summed E-state index contributed by atoms with van der Waals surface area (Å²) in [6.45, 7) is 5.02. The van der Waals surface area contributed by atoms with Gasteiger partial charge < -0.3 is 5.11 Å². The molecule has 134 valence electrons. The number of aliphatic imine (C=N–C) groups is 1. The average Bonchev–Trinajstić information content (AvgIpc) is 2.54. The molecule has 0 heterocycles. The molecule has 1 N–H and O–H groups in total. The lowest BCUT2D eigenvalue weighted by atomic mass is 9.81. The van der Waals surface area contributed by atoms with E-state index in [0.29, 0.717) is 22.9 Å². The molecule has 1 atom stereocenters. The fourth-order valence-corrected chi connectivity index (χ4v) is 2.83. The van der Waals surface area contributed by atoms with E-state index >= 15 is 0 Å². The van der Waals surface area contributed by atoms with Crippen molar-refractivity contribution in [3.63, 3.8) is 0 Å². The molecule has 2 aromatic carbocycles. The first kappa shape index (κ1) is 19.1. The number of hydrogen-bond donors (Lipinski definition) is 1. The Morgan fingerprint density at radius 2 is 1.84 bits per heavy atom. The van der Waals surface area contributed by atoms with E-state index in [1.807, 2.05) is 0 Å². The summed E-state index contributed by atoms with van der Waals surface area (Å²) in [4.78, 5) is 4.14. The Kier molecular flexibility index (Phi) is 5.32. The van der Waals surface area contributed by atoms with Gasteiger partial charge in [0.15, 0.2) is 0 Å². The third-order valence-corrected chi connectivity index (χ3v) is 4.11. The van der Waals surface area contributed by atoms with Gasteiger partial charge in [-0.3, -0.25) is 4.99 Å². The largest absolute Gasteiger partial charge is 0.425 e. The molecule has 0 bridgehead atoms. The first-order chi connectivity index (χ1) is 11.6. The van der Waals surface area contributed by atoms with Crippen molar-refractivity contribution in [2.75, 3.05) is 0 Å². The normalized spacial score (nSPS) is 14.7. The minimum atomic E-state index is -5.02. The number of rotatable bonds is 4. The zero-order valence-corrected chi connectivity index (χ0v) is 14.2. The van der Waals surface area contributed by atoms with Gasteiger partial charge in [-0.25, -0.2) is 4.39 Å². The Labute approximate surface area is 143 Å². The Morgan fingerprint density at radius 3 is 2.36 bits per heavy atom. The summed E-state index contributed by atoms with van der Waals surface area (Å²) in [6, 6.07) is 6.77. The van der Waals surface area contributed by atoms with Crippen LogP contribution in [-0.2, 0) is 12.0 Å². The predicted molar refractivity (Wildman–Crippen MR) is 89.8 cm³/mol. The van der Waals surface area contributed by atoms with Crippen LogP contribution in [0, 0.1) is 12.7 Å². The topological polar surface area (TPSA) is 32.6 Å². The summed E-state index contributed by atoms with van der Waals surface area (Å²) in [5.41, 5.74) is -2.84. The maximum absolute atomic E-state index is 13.9. The molecule has 0 aliphatic heterocycles. The van der Waals surface area contributed by atoms with Crippen LogP contribution in [0.3, 0.4) is 0 Å². The third kappa shape index (κ3) is 3.44. The second kappa shape index (κ2) is 6.96. The highest BCUT2D eigenvalue weighted by atomic mass is 19.4. The van der Waals surface area contributed by atoms with Crippen molar-refractivity contribution in [2.24, 2.45) is 4.99 Å². The monoisotopic (exact) mass is 353 g/mol. The maximum Gasteiger partial charge on any atom is 0.425 e. The molecule has 0 saturated heterocycles. The van der Waals surface area contributed by atoms with E-state index in [-0.39, 0.29) is 12.0 Å². The number of aliphatic hydroxyl groups is 1. The van der Waals surface area contributed by atoms with E-state index in [4.69, 9.17) is 0 Å². The number of hydrogen-bond acceptors (Lipinski definition) is 2. The van der Waals surface area contributed by atoms with Crippen LogP contribution in [0.4, 0.5) is 23.2 Å². The van der Waals surface area contributed by atoms with Crippen LogP contribution in [0.25, 0.3) is 0 Å². The molecule has 1 unspecified atom stereocenters. The molecule has 2 nitrogen and oxygen atoms in total. The van der Waals surface area contributed by atoms with E-state index in [2.05, 4.69) is 4.99 Å². The van der Waals surface area contributed by atoms with E-state index in [1.165, 1.54) is 12.1 Å². The molecule has 0 amide bonds. The molecule has 0 aliphatic rings. The number of halogens is 4. The van der Waals surface area contributed by atoms with Crippen LogP contribution in [0.1, 0.15) is 36.1 Å². The number of alkyl halides is 3. The van der Waals surface area contributed by atoms with Crippen molar-refractivity contribution in [3.8, 4) is 0 Å². The van der Waals surface area contributed by atoms with Gasteiger partial charge in [0.2, 0.25) is 5.60 Å². The molecule has 0 fully saturated rings. The van der Waals surface area contributed by atoms with Gasteiger partial charge in [0.05, 0.1) is 5.69 Å². The number of benzene rings is 2. The lowest BCUT2D eigenvalue weighted by Gasteiger charge is -2.33. The zero-order chi connectivity index (χ0) is 18.8. The predicted octanol–water partition coefficient (Wildman–Crippen LogP) is 5.22. The fourth-order valence-electron chi connectivity index (χ4n) is 2.83. The maximum atomic E-state index is 13.9. The van der Waals surface area contributed by atoms with Crippen LogP contribution in [0.2, 0.25) is 0 Å². The van der Waals surface area contributed by atoms with Crippen molar-refractivity contribution in [1.82, 2.24) is 0 Å². The van der Waals surface area contributed by atoms with Crippen molar-refractivity contribution >= 4 is 11.9 Å². The molecule has 6 heteroatoms. The molecule has 0 aliphatic carbocycles. The van der Waals surface area contributed by atoms with Gasteiger partial charge in [-0.1, -0.05) is 25.1 Å². The van der Waals surface area contributed by atoms with Crippen LogP contribution >= 0.6 is 0 Å². The van der Waals surface area contributed by atoms with Gasteiger partial charge in [-0.05, 0) is 49.6 Å². The zero-order valence-electron chi connectivity index (χ0n) is 14.2. The van der Waals surface area contributed by atoms with Crippen molar-refractivity contribution in [1.29, 1.82) is 0 Å². The van der Waals surface area contributed by atoms with Crippen molar-refractivity contribution in [2.45, 2.75) is 39.0 Å². The second-order valence-electron chi connectivity index (χ2n) is 5.76. The van der Waals surface area contributed by atoms with E-state index in [1.54, 1.807) is 27.0 Å². The first-order valence-corrected chi connectivity index (χ1v) is 7.83. The Balaban J connectivity index is 2.82. The highest BCUT2D eigenvalue weighted by molar-refractivity contribution is 5.64. The number of aryl methyl sites for hydroxylation is 2. The Hall–Kier alpha value is -2.21. The van der Waals surface area contributed by atoms with Gasteiger partial charge in [0, 0.05) is 17.3 Å². The second-order valence-corrected chi connectivity index (χ2v) is 5.76. The number of nitrogens with zero attached hydrogens (tertiary/aromatic N) is 1. The molecule has 2 rings (SSSR count). The summed E-state index contributed by atoms with van der Waals surface area (Å²) in [7, 11) is 0. The Morgan fingerprint density at radius 1 is 1.16 bits per heavy atom. The standard InChI is InChI=1S/C19H19F4NO/c1-4-13-10-17(24-5-2)12(3)9-16(13)18(25,19(21,22)23)14-7-6-8-15(20)11-14/h5-11,25H,4H2,1-3H3. The minimum absolute atomic E-state index is 0.259. The summed E-state index contributed by atoms with van der Waals surface area (Å²) in [5, 5.41) is 10.7. The molecular weight excluding hydrogens is 334 g/mol. The molecule has 2 aromatic rings. The lowest BCUT2D eigenvalue weighted by molar-refractivity contribution is -0.248. The SMILES string of the molecule is CC=Nc1cc(CC)c(C(O)(c2cccc(F)c2)C(F)(F)F)cc1C. The van der Waals surface area contributed by atoms with Gasteiger partial charge in [-0.2, -0.15) is 13.2 Å². The highest BCUT2D eigenvalue weighted by Crippen LogP contribution is 2.46. The average molecular weight is 353 g/mol. The van der Waals surface area contributed by atoms with E-state index in [9.17, 15) is 22.7 Å². The van der Waals surface area contributed by atoms with Gasteiger partial charge in [0.25, 0.3) is 0 Å². The first-order valence-electron chi connectivity index (χ1n) is 7.83.